The molecule has 3 aromatic carbocycles. The Labute approximate surface area is 219 Å². The Hall–Kier alpha value is -4.29. The van der Waals surface area contributed by atoms with Crippen LogP contribution in [0, 0.1) is 0 Å². The predicted molar refractivity (Wildman–Crippen MR) is 145 cm³/mol. The zero-order chi connectivity index (χ0) is 25.9. The molecule has 1 aliphatic rings. The summed E-state index contributed by atoms with van der Waals surface area (Å²) in [5.41, 5.74) is 3.55. The molecule has 1 aromatic heterocycles. The zero-order valence-electron chi connectivity index (χ0n) is 20.1. The second-order valence-electron chi connectivity index (χ2n) is 8.80. The van der Waals surface area contributed by atoms with Crippen molar-refractivity contribution in [3.63, 3.8) is 0 Å². The summed E-state index contributed by atoms with van der Waals surface area (Å²) in [6, 6.07) is 21.4. The smallest absolute Gasteiger partial charge is 0.290 e. The number of hydrogen-bond acceptors (Lipinski definition) is 4. The first-order chi connectivity index (χ1) is 18.0. The van der Waals surface area contributed by atoms with Crippen LogP contribution in [0.2, 0.25) is 5.02 Å². The third-order valence-electron chi connectivity index (χ3n) is 6.58. The average Bonchev–Trinajstić information content (AvgIpc) is 3.44. The van der Waals surface area contributed by atoms with E-state index in [1.54, 1.807) is 42.4 Å². The molecule has 0 fully saturated rings. The lowest BCUT2D eigenvalue weighted by molar-refractivity contribution is -0.129. The highest BCUT2D eigenvalue weighted by Gasteiger charge is 2.42. The largest absolute Gasteiger partial charge is 0.503 e. The Balaban J connectivity index is 1.46. The molecule has 1 atom stereocenters. The van der Waals surface area contributed by atoms with Crippen LogP contribution < -0.4 is 4.74 Å². The molecule has 0 saturated heterocycles. The molecule has 2 N–H and O–H groups in total. The van der Waals surface area contributed by atoms with E-state index in [1.807, 2.05) is 54.7 Å². The van der Waals surface area contributed by atoms with Gasteiger partial charge >= 0.3 is 0 Å². The van der Waals surface area contributed by atoms with Gasteiger partial charge in [0.25, 0.3) is 5.91 Å². The number of benzene rings is 3. The van der Waals surface area contributed by atoms with E-state index in [2.05, 4.69) is 4.98 Å². The van der Waals surface area contributed by atoms with Crippen LogP contribution in [-0.2, 0) is 16.0 Å². The molecule has 1 aliphatic heterocycles. The van der Waals surface area contributed by atoms with Crippen molar-refractivity contribution in [1.29, 1.82) is 0 Å². The molecule has 186 valence electrons. The number of aliphatic hydroxyl groups is 1. The lowest BCUT2D eigenvalue weighted by Gasteiger charge is -2.26. The lowest BCUT2D eigenvalue weighted by Crippen LogP contribution is -2.33. The Morgan fingerprint density at radius 2 is 1.86 bits per heavy atom. The van der Waals surface area contributed by atoms with Gasteiger partial charge in [0.1, 0.15) is 5.75 Å². The van der Waals surface area contributed by atoms with E-state index in [-0.39, 0.29) is 5.57 Å². The molecule has 0 saturated carbocycles. The molecular formula is C30H25ClN2O4. The number of fused-ring (bicyclic) bond motifs is 1. The second-order valence-corrected chi connectivity index (χ2v) is 9.24. The molecule has 5 rings (SSSR count). The van der Waals surface area contributed by atoms with Crippen LogP contribution in [0.5, 0.6) is 5.75 Å². The number of halogens is 1. The average molecular weight is 513 g/mol. The van der Waals surface area contributed by atoms with Crippen LogP contribution in [-0.4, -0.2) is 40.3 Å². The van der Waals surface area contributed by atoms with Crippen molar-refractivity contribution in [3.8, 4) is 5.75 Å². The fourth-order valence-electron chi connectivity index (χ4n) is 4.69. The fourth-order valence-corrected chi connectivity index (χ4v) is 4.81. The molecule has 0 spiro atoms. The first-order valence-corrected chi connectivity index (χ1v) is 12.2. The van der Waals surface area contributed by atoms with Gasteiger partial charge in [-0.2, -0.15) is 0 Å². The monoisotopic (exact) mass is 512 g/mol. The quantitative estimate of drug-likeness (QED) is 0.281. The Bertz CT molecular complexity index is 1520. The highest BCUT2D eigenvalue weighted by molar-refractivity contribution is 6.30. The summed E-state index contributed by atoms with van der Waals surface area (Å²) in [5.74, 6) is -0.784. The van der Waals surface area contributed by atoms with Gasteiger partial charge in [0.05, 0.1) is 18.7 Å². The van der Waals surface area contributed by atoms with Crippen LogP contribution in [0.25, 0.3) is 17.0 Å². The number of carbonyl (C=O) groups excluding carboxylic acids is 2. The van der Waals surface area contributed by atoms with Gasteiger partial charge in [0.15, 0.2) is 11.5 Å². The van der Waals surface area contributed by atoms with Gasteiger partial charge in [-0.3, -0.25) is 9.59 Å². The standard InChI is InChI=1S/C30H25ClN2O4/c1-37-23-12-13-25-24(17-23)21(18-32-25)15-16-33-28(20-8-10-22(31)11-9-20)27(29(35)30(33)36)26(34)14-7-19-5-3-2-4-6-19/h2-14,17-18,28,32,35H,15-16H2,1H3/b14-7+/t28-/m1/s1. The third-order valence-corrected chi connectivity index (χ3v) is 6.83. The molecule has 0 unspecified atom stereocenters. The van der Waals surface area contributed by atoms with E-state index in [0.717, 1.165) is 27.8 Å². The van der Waals surface area contributed by atoms with Gasteiger partial charge in [-0.25, -0.2) is 0 Å². The van der Waals surface area contributed by atoms with Crippen LogP contribution in [0.1, 0.15) is 22.7 Å². The molecule has 37 heavy (non-hydrogen) atoms. The molecule has 0 radical (unpaired) electrons. The number of nitrogens with one attached hydrogen (secondary N) is 1. The number of methoxy groups -OCH3 is 1. The van der Waals surface area contributed by atoms with Crippen molar-refractivity contribution >= 4 is 40.3 Å². The third kappa shape index (κ3) is 4.88. The minimum Gasteiger partial charge on any atom is -0.503 e. The van der Waals surface area contributed by atoms with Crippen molar-refractivity contribution in [1.82, 2.24) is 9.88 Å². The minimum atomic E-state index is -0.738. The number of ketones is 1. The zero-order valence-corrected chi connectivity index (χ0v) is 20.9. The van der Waals surface area contributed by atoms with Crippen molar-refractivity contribution in [2.24, 2.45) is 0 Å². The molecule has 7 heteroatoms. The Morgan fingerprint density at radius 3 is 2.59 bits per heavy atom. The van der Waals surface area contributed by atoms with Crippen LogP contribution >= 0.6 is 11.6 Å². The summed E-state index contributed by atoms with van der Waals surface area (Å²) < 4.78 is 5.36. The van der Waals surface area contributed by atoms with E-state index < -0.39 is 23.5 Å². The van der Waals surface area contributed by atoms with E-state index >= 15 is 0 Å². The molecule has 4 aromatic rings. The summed E-state index contributed by atoms with van der Waals surface area (Å²) >= 11 is 6.10. The number of hydrogen-bond donors (Lipinski definition) is 2. The molecule has 0 bridgehead atoms. The van der Waals surface area contributed by atoms with Crippen molar-refractivity contribution in [3.05, 3.63) is 118 Å². The van der Waals surface area contributed by atoms with Crippen LogP contribution in [0.4, 0.5) is 0 Å². The van der Waals surface area contributed by atoms with Crippen molar-refractivity contribution in [2.75, 3.05) is 13.7 Å². The normalized spacial score (nSPS) is 15.8. The van der Waals surface area contributed by atoms with Gasteiger partial charge < -0.3 is 19.7 Å². The van der Waals surface area contributed by atoms with Crippen LogP contribution in [0.15, 0.2) is 96.4 Å². The predicted octanol–water partition coefficient (Wildman–Crippen LogP) is 6.05. The maximum atomic E-state index is 13.3. The van der Waals surface area contributed by atoms with Crippen molar-refractivity contribution < 1.29 is 19.4 Å². The number of amides is 1. The number of aromatic nitrogens is 1. The molecule has 2 heterocycles. The van der Waals surface area contributed by atoms with Gasteiger partial charge in [-0.05, 0) is 59.5 Å². The van der Waals surface area contributed by atoms with E-state index in [9.17, 15) is 14.7 Å². The number of allylic oxidation sites excluding steroid dienone is 1. The summed E-state index contributed by atoms with van der Waals surface area (Å²) in [6.07, 6.45) is 5.49. The van der Waals surface area contributed by atoms with Gasteiger partial charge in [0, 0.05) is 28.7 Å². The number of ether oxygens (including phenoxy) is 1. The summed E-state index contributed by atoms with van der Waals surface area (Å²) in [5, 5.41) is 12.4. The molecule has 6 nitrogen and oxygen atoms in total. The number of aromatic amines is 1. The topological polar surface area (TPSA) is 82.6 Å². The van der Waals surface area contributed by atoms with E-state index in [0.29, 0.717) is 23.6 Å². The summed E-state index contributed by atoms with van der Waals surface area (Å²) in [4.78, 5) is 31.4. The fraction of sp³-hybridized carbons (Fsp3) is 0.133. The Kier molecular flexibility index (Phi) is 6.84. The number of nitrogens with zero attached hydrogens (tertiary/aromatic N) is 1. The van der Waals surface area contributed by atoms with Crippen LogP contribution in [0.3, 0.4) is 0 Å². The number of carbonyl (C=O) groups is 2. The Morgan fingerprint density at radius 1 is 1.11 bits per heavy atom. The second kappa shape index (κ2) is 10.4. The molecule has 1 amide bonds. The summed E-state index contributed by atoms with van der Waals surface area (Å²) in [7, 11) is 1.62. The number of H-pyrrole nitrogens is 1. The maximum Gasteiger partial charge on any atom is 0.290 e. The SMILES string of the molecule is COc1ccc2[nH]cc(CCN3C(=O)C(O)=C(C(=O)/C=C/c4ccccc4)[C@H]3c3ccc(Cl)cc3)c2c1. The maximum absolute atomic E-state index is 13.3. The van der Waals surface area contributed by atoms with E-state index in [4.69, 9.17) is 16.3 Å². The highest BCUT2D eigenvalue weighted by Crippen LogP contribution is 2.38. The van der Waals surface area contributed by atoms with Gasteiger partial charge in [-0.15, -0.1) is 0 Å². The molecular weight excluding hydrogens is 488 g/mol. The first-order valence-electron chi connectivity index (χ1n) is 11.9. The minimum absolute atomic E-state index is 0.0556. The highest BCUT2D eigenvalue weighted by atomic mass is 35.5. The van der Waals surface area contributed by atoms with Gasteiger partial charge in [-0.1, -0.05) is 60.1 Å². The van der Waals surface area contributed by atoms with Gasteiger partial charge in [0.2, 0.25) is 0 Å². The van der Waals surface area contributed by atoms with Crippen molar-refractivity contribution in [2.45, 2.75) is 12.5 Å². The number of aliphatic hydroxyl groups excluding tert-OH is 1. The lowest BCUT2D eigenvalue weighted by atomic mass is 9.95. The number of rotatable bonds is 8. The molecule has 0 aliphatic carbocycles. The summed E-state index contributed by atoms with van der Waals surface area (Å²) in [6.45, 7) is 0.291. The first kappa shape index (κ1) is 24.4. The van der Waals surface area contributed by atoms with E-state index in [1.165, 1.54) is 6.08 Å².